The molecule has 0 aromatic heterocycles. The van der Waals surface area contributed by atoms with E-state index in [9.17, 15) is 9.59 Å². The van der Waals surface area contributed by atoms with Gasteiger partial charge in [0.2, 0.25) is 0 Å². The fourth-order valence-electron chi connectivity index (χ4n) is 6.87. The number of esters is 1. The Morgan fingerprint density at radius 3 is 2.65 bits per heavy atom. The zero-order valence-electron chi connectivity index (χ0n) is 19.7. The van der Waals surface area contributed by atoms with Crippen molar-refractivity contribution in [1.82, 2.24) is 4.90 Å². The number of nitrogens with zero attached hydrogens (tertiary/aromatic N) is 1. The van der Waals surface area contributed by atoms with Gasteiger partial charge < -0.3 is 9.47 Å². The molecule has 170 valence electrons. The van der Waals surface area contributed by atoms with Crippen molar-refractivity contribution in [2.24, 2.45) is 11.3 Å². The molecule has 0 amide bonds. The number of carbonyl (C=O) groups is 2. The van der Waals surface area contributed by atoms with E-state index in [2.05, 4.69) is 37.9 Å². The van der Waals surface area contributed by atoms with Gasteiger partial charge in [-0.2, -0.15) is 0 Å². The second-order valence-electron chi connectivity index (χ2n) is 9.98. The highest BCUT2D eigenvalue weighted by molar-refractivity contribution is 6.05. The number of hydrogen-bond donors (Lipinski definition) is 0. The topological polar surface area (TPSA) is 55.8 Å². The molecule has 2 saturated heterocycles. The van der Waals surface area contributed by atoms with Crippen LogP contribution < -0.4 is 4.74 Å². The summed E-state index contributed by atoms with van der Waals surface area (Å²) < 4.78 is 11.1. The summed E-state index contributed by atoms with van der Waals surface area (Å²) in [5.41, 5.74) is 1.61. The third-order valence-electron chi connectivity index (χ3n) is 8.53. The summed E-state index contributed by atoms with van der Waals surface area (Å²) in [6.45, 7) is 6.61. The van der Waals surface area contributed by atoms with Crippen LogP contribution in [0, 0.1) is 11.3 Å². The Bertz CT molecular complexity index is 867. The smallest absolute Gasteiger partial charge is 0.321 e. The molecule has 31 heavy (non-hydrogen) atoms. The van der Waals surface area contributed by atoms with Gasteiger partial charge in [0.25, 0.3) is 0 Å². The summed E-state index contributed by atoms with van der Waals surface area (Å²) in [5.74, 6) is 0.903. The first-order valence-electron chi connectivity index (χ1n) is 11.9. The fourth-order valence-corrected chi connectivity index (χ4v) is 6.87. The molecule has 3 fully saturated rings. The molecule has 1 aromatic rings. The molecule has 0 radical (unpaired) electrons. The van der Waals surface area contributed by atoms with Gasteiger partial charge in [-0.05, 0) is 74.2 Å². The Kier molecular flexibility index (Phi) is 5.93. The molecule has 5 nitrogen and oxygen atoms in total. The first-order valence-corrected chi connectivity index (χ1v) is 11.9. The molecule has 5 heteroatoms. The maximum Gasteiger partial charge on any atom is 0.321 e. The molecule has 2 heterocycles. The highest BCUT2D eigenvalue weighted by Crippen LogP contribution is 2.62. The van der Waals surface area contributed by atoms with Gasteiger partial charge in [0.05, 0.1) is 13.7 Å². The maximum absolute atomic E-state index is 13.7. The molecule has 5 rings (SSSR count). The lowest BCUT2D eigenvalue weighted by Gasteiger charge is -2.66. The molecule has 2 aliphatic carbocycles. The number of piperidine rings is 2. The van der Waals surface area contributed by atoms with Crippen molar-refractivity contribution >= 4 is 11.8 Å². The van der Waals surface area contributed by atoms with Crippen molar-refractivity contribution in [2.45, 2.75) is 83.2 Å². The highest BCUT2D eigenvalue weighted by Gasteiger charge is 2.69. The van der Waals surface area contributed by atoms with Gasteiger partial charge in [-0.1, -0.05) is 32.8 Å². The number of likely N-dealkylation sites (N-methyl/N-ethyl adjacent to an activating group) is 1. The van der Waals surface area contributed by atoms with Crippen LogP contribution in [0.2, 0.25) is 0 Å². The monoisotopic (exact) mass is 427 g/mol. The predicted octanol–water partition coefficient (Wildman–Crippen LogP) is 4.30. The van der Waals surface area contributed by atoms with Crippen molar-refractivity contribution in [1.29, 1.82) is 0 Å². The number of fused-ring (bicyclic) bond motifs is 2. The fraction of sp³-hybridized carbons (Fsp3) is 0.692. The number of unbranched alkanes of at least 4 members (excludes halogenated alkanes) is 2. The van der Waals surface area contributed by atoms with Crippen LogP contribution in [0.3, 0.4) is 0 Å². The average Bonchev–Trinajstić information content (AvgIpc) is 2.76. The largest absolute Gasteiger partial charge is 0.497 e. The van der Waals surface area contributed by atoms with Crippen molar-refractivity contribution in [3.8, 4) is 5.75 Å². The van der Waals surface area contributed by atoms with Gasteiger partial charge in [-0.15, -0.1) is 0 Å². The lowest BCUT2D eigenvalue weighted by Crippen LogP contribution is -2.74. The Hall–Kier alpha value is -1.88. The van der Waals surface area contributed by atoms with Crippen LogP contribution >= 0.6 is 0 Å². The number of benzene rings is 1. The van der Waals surface area contributed by atoms with E-state index in [0.29, 0.717) is 25.5 Å². The minimum Gasteiger partial charge on any atom is -0.497 e. The van der Waals surface area contributed by atoms with Crippen molar-refractivity contribution in [2.75, 3.05) is 20.8 Å². The number of rotatable bonds is 8. The van der Waals surface area contributed by atoms with E-state index in [-0.39, 0.29) is 29.1 Å². The van der Waals surface area contributed by atoms with Gasteiger partial charge in [0.15, 0.2) is 5.78 Å². The second kappa shape index (κ2) is 8.23. The number of Topliss-reactive ketones (excluding diaryl/α,β-unsaturated/α-hetero) is 1. The lowest BCUT2D eigenvalue weighted by atomic mass is 9.45. The molecular weight excluding hydrogens is 390 g/mol. The molecule has 4 aliphatic rings. The van der Waals surface area contributed by atoms with Gasteiger partial charge >= 0.3 is 5.97 Å². The van der Waals surface area contributed by atoms with E-state index < -0.39 is 5.41 Å². The molecule has 2 aliphatic heterocycles. The standard InChI is InChI=1S/C26H37NO4/c1-6-8-9-10-23(28)26(24(29)31-7-2)15-20-21-13-17-11-12-18(30-5)14-19(17)25(20,3)16-22(26)27(21)4/h11-12,14,20-22H,6-10,13,15-16H2,1-5H3. The zero-order chi connectivity index (χ0) is 22.4. The van der Waals surface area contributed by atoms with E-state index in [4.69, 9.17) is 9.47 Å². The predicted molar refractivity (Wildman–Crippen MR) is 120 cm³/mol. The highest BCUT2D eigenvalue weighted by atomic mass is 16.5. The summed E-state index contributed by atoms with van der Waals surface area (Å²) in [6, 6.07) is 6.64. The van der Waals surface area contributed by atoms with E-state index in [0.717, 1.165) is 37.9 Å². The van der Waals surface area contributed by atoms with Gasteiger partial charge in [-0.25, -0.2) is 0 Å². The zero-order valence-corrected chi connectivity index (χ0v) is 19.7. The van der Waals surface area contributed by atoms with Crippen molar-refractivity contribution in [3.63, 3.8) is 0 Å². The first kappa shape index (κ1) is 22.3. The Labute approximate surface area is 186 Å². The Balaban J connectivity index is 1.76. The van der Waals surface area contributed by atoms with E-state index in [1.165, 1.54) is 11.1 Å². The van der Waals surface area contributed by atoms with E-state index in [1.54, 1.807) is 7.11 Å². The minimum absolute atomic E-state index is 0.0658. The summed E-state index contributed by atoms with van der Waals surface area (Å²) in [5, 5.41) is 0. The van der Waals surface area contributed by atoms with Gasteiger partial charge in [0.1, 0.15) is 11.2 Å². The maximum atomic E-state index is 13.7. The van der Waals surface area contributed by atoms with E-state index in [1.807, 2.05) is 13.0 Å². The third-order valence-corrected chi connectivity index (χ3v) is 8.53. The van der Waals surface area contributed by atoms with E-state index >= 15 is 0 Å². The molecule has 0 spiro atoms. The summed E-state index contributed by atoms with van der Waals surface area (Å²) >= 11 is 0. The summed E-state index contributed by atoms with van der Waals surface area (Å²) in [6.07, 6.45) is 5.74. The number of methoxy groups -OCH3 is 1. The molecule has 1 saturated carbocycles. The van der Waals surface area contributed by atoms with Crippen LogP contribution in [0.4, 0.5) is 0 Å². The molecule has 5 atom stereocenters. The summed E-state index contributed by atoms with van der Waals surface area (Å²) in [4.78, 5) is 29.4. The van der Waals surface area contributed by atoms with Crippen LogP contribution in [-0.2, 0) is 26.2 Å². The van der Waals surface area contributed by atoms with Gasteiger partial charge in [-0.3, -0.25) is 14.5 Å². The summed E-state index contributed by atoms with van der Waals surface area (Å²) in [7, 11) is 3.82. The van der Waals surface area contributed by atoms with Gasteiger partial charge in [0, 0.05) is 18.5 Å². The Morgan fingerprint density at radius 1 is 1.19 bits per heavy atom. The number of ether oxygens (including phenoxy) is 2. The van der Waals surface area contributed by atoms with Crippen LogP contribution in [0.1, 0.15) is 70.4 Å². The molecule has 1 aromatic carbocycles. The average molecular weight is 428 g/mol. The second-order valence-corrected chi connectivity index (χ2v) is 9.98. The first-order chi connectivity index (χ1) is 14.8. The van der Waals surface area contributed by atoms with Crippen LogP contribution in [0.15, 0.2) is 18.2 Å². The van der Waals surface area contributed by atoms with Crippen LogP contribution in [-0.4, -0.2) is 49.5 Å². The third kappa shape index (κ3) is 3.23. The quantitative estimate of drug-likeness (QED) is 0.352. The van der Waals surface area contributed by atoms with Crippen molar-refractivity contribution < 1.29 is 19.1 Å². The molecular formula is C26H37NO4. The molecule has 5 unspecified atom stereocenters. The molecule has 0 N–H and O–H groups in total. The molecule has 4 bridgehead atoms. The normalized spacial score (nSPS) is 33.6. The van der Waals surface area contributed by atoms with Crippen molar-refractivity contribution in [3.05, 3.63) is 29.3 Å². The number of carbonyl (C=O) groups excluding carboxylic acids is 2. The number of hydrogen-bond acceptors (Lipinski definition) is 5. The number of ketones is 1. The Morgan fingerprint density at radius 2 is 1.97 bits per heavy atom. The lowest BCUT2D eigenvalue weighted by molar-refractivity contribution is -0.189. The van der Waals surface area contributed by atoms with Crippen LogP contribution in [0.25, 0.3) is 0 Å². The minimum atomic E-state index is -1.03. The van der Waals surface area contributed by atoms with Crippen LogP contribution in [0.5, 0.6) is 5.75 Å². The SMILES string of the molecule is CCCCCC(=O)C1(C(=O)OCC)CC2C3Cc4ccc(OC)cc4C2(C)CC1N3C.